The third-order valence-electron chi connectivity index (χ3n) is 10.7. The molecule has 2 unspecified atom stereocenters. The molecule has 5 aliphatic rings. The highest BCUT2D eigenvalue weighted by Crippen LogP contribution is 2.33. The van der Waals surface area contributed by atoms with Crippen LogP contribution in [0.5, 0.6) is 5.75 Å². The van der Waals surface area contributed by atoms with Gasteiger partial charge in [-0.15, -0.1) is 0 Å². The Kier molecular flexibility index (Phi) is 8.13. The highest BCUT2D eigenvalue weighted by Gasteiger charge is 2.38. The standard InChI is InChI=1S/C32H44N6O6/c1-34-29-25(38(31(34)41)26-9-10-28(39)33-30(26)40)5-2-6-27(29)44-24-13-18-35(19-14-24)21-11-16-36(17-12-21)32(42)43-20-23-8-7-22-4-3-15-37(22)23/h2,5-6,21-24,26H,3-4,7-20H2,1H3,(H,33,39,40)/t22?,23-,26?/m0/s1. The minimum absolute atomic E-state index is 0.0201. The van der Waals surface area contributed by atoms with Gasteiger partial charge in [-0.2, -0.15) is 0 Å². The fourth-order valence-corrected chi connectivity index (χ4v) is 8.32. The molecule has 5 fully saturated rings. The molecule has 12 nitrogen and oxygen atoms in total. The summed E-state index contributed by atoms with van der Waals surface area (Å²) in [6.07, 6.45) is 8.96. The van der Waals surface area contributed by atoms with E-state index in [1.807, 2.05) is 23.1 Å². The largest absolute Gasteiger partial charge is 0.488 e. The molecule has 1 aromatic heterocycles. The second-order valence-corrected chi connectivity index (χ2v) is 13.2. The maximum atomic E-state index is 13.2. The minimum atomic E-state index is -0.722. The van der Waals surface area contributed by atoms with Gasteiger partial charge in [0.15, 0.2) is 0 Å². The SMILES string of the molecule is Cn1c(=O)n(C2CCC(=O)NC2=O)c2cccc(OC3CCN(C4CCN(C(=O)OC[C@@H]5CCC6CCCN65)CC4)CC3)c21. The second-order valence-electron chi connectivity index (χ2n) is 13.2. The predicted molar refractivity (Wildman–Crippen MR) is 163 cm³/mol. The highest BCUT2D eigenvalue weighted by molar-refractivity contribution is 6.00. The summed E-state index contributed by atoms with van der Waals surface area (Å²) in [5, 5.41) is 2.36. The summed E-state index contributed by atoms with van der Waals surface area (Å²) >= 11 is 0. The lowest BCUT2D eigenvalue weighted by atomic mass is 9.99. The van der Waals surface area contributed by atoms with E-state index in [-0.39, 0.29) is 30.2 Å². The van der Waals surface area contributed by atoms with Crippen LogP contribution in [-0.2, 0) is 21.4 Å². The summed E-state index contributed by atoms with van der Waals surface area (Å²) in [5.41, 5.74) is 1.00. The van der Waals surface area contributed by atoms with Crippen molar-refractivity contribution < 1.29 is 23.9 Å². The van der Waals surface area contributed by atoms with E-state index >= 15 is 0 Å². The molecule has 44 heavy (non-hydrogen) atoms. The number of rotatable bonds is 6. The Bertz CT molecular complexity index is 1470. The van der Waals surface area contributed by atoms with Gasteiger partial charge in [-0.05, 0) is 76.5 Å². The van der Waals surface area contributed by atoms with Gasteiger partial charge in [0.05, 0.1) is 5.52 Å². The molecule has 6 heterocycles. The van der Waals surface area contributed by atoms with Crippen LogP contribution in [0.2, 0.25) is 0 Å². The van der Waals surface area contributed by atoms with Crippen molar-refractivity contribution in [3.05, 3.63) is 28.7 Å². The molecule has 0 bridgehead atoms. The first-order valence-electron chi connectivity index (χ1n) is 16.5. The van der Waals surface area contributed by atoms with Crippen molar-refractivity contribution in [1.82, 2.24) is 29.2 Å². The van der Waals surface area contributed by atoms with Gasteiger partial charge >= 0.3 is 11.8 Å². The molecule has 0 saturated carbocycles. The van der Waals surface area contributed by atoms with E-state index in [4.69, 9.17) is 9.47 Å². The van der Waals surface area contributed by atoms with E-state index in [9.17, 15) is 19.2 Å². The van der Waals surface area contributed by atoms with Crippen LogP contribution in [0.4, 0.5) is 4.79 Å². The number of nitrogens with zero attached hydrogens (tertiary/aromatic N) is 5. The third-order valence-corrected chi connectivity index (χ3v) is 10.7. The van der Waals surface area contributed by atoms with Gasteiger partial charge in [0.1, 0.15) is 30.0 Å². The number of imide groups is 1. The normalized spacial score (nSPS) is 27.6. The fraction of sp³-hybridized carbons (Fsp3) is 0.688. The summed E-state index contributed by atoms with van der Waals surface area (Å²) in [6, 6.07) is 6.40. The van der Waals surface area contributed by atoms with Gasteiger partial charge in [-0.25, -0.2) is 9.59 Å². The Morgan fingerprint density at radius 1 is 0.909 bits per heavy atom. The van der Waals surface area contributed by atoms with E-state index in [1.54, 1.807) is 11.6 Å². The van der Waals surface area contributed by atoms with Crippen LogP contribution in [0, 0.1) is 0 Å². The molecule has 2 aromatic rings. The van der Waals surface area contributed by atoms with Crippen LogP contribution in [0.25, 0.3) is 11.0 Å². The van der Waals surface area contributed by atoms with Crippen molar-refractivity contribution in [3.63, 3.8) is 0 Å². The van der Waals surface area contributed by atoms with Gasteiger partial charge in [-0.3, -0.25) is 33.8 Å². The monoisotopic (exact) mass is 608 g/mol. The van der Waals surface area contributed by atoms with Crippen molar-refractivity contribution in [2.75, 3.05) is 39.3 Å². The zero-order valence-corrected chi connectivity index (χ0v) is 25.6. The number of benzene rings is 1. The smallest absolute Gasteiger partial charge is 0.409 e. The molecule has 1 aromatic carbocycles. The number of likely N-dealkylation sites (tertiary alicyclic amines) is 2. The number of fused-ring (bicyclic) bond motifs is 2. The van der Waals surface area contributed by atoms with Crippen molar-refractivity contribution in [2.45, 2.75) is 94.5 Å². The quantitative estimate of drug-likeness (QED) is 0.497. The molecular formula is C32H44N6O6. The molecule has 7 rings (SSSR count). The summed E-state index contributed by atoms with van der Waals surface area (Å²) in [7, 11) is 1.70. The van der Waals surface area contributed by atoms with Gasteiger partial charge in [0.25, 0.3) is 0 Å². The topological polar surface area (TPSA) is 118 Å². The average molecular weight is 609 g/mol. The molecule has 238 valence electrons. The number of hydrogen-bond donors (Lipinski definition) is 1. The molecule has 5 saturated heterocycles. The molecule has 3 atom stereocenters. The van der Waals surface area contributed by atoms with Crippen LogP contribution in [-0.4, -0.2) is 105 Å². The zero-order chi connectivity index (χ0) is 30.4. The summed E-state index contributed by atoms with van der Waals surface area (Å²) < 4.78 is 15.3. The van der Waals surface area contributed by atoms with E-state index in [0.29, 0.717) is 47.9 Å². The van der Waals surface area contributed by atoms with Crippen molar-refractivity contribution in [1.29, 1.82) is 0 Å². The average Bonchev–Trinajstić information content (AvgIpc) is 3.72. The number of hydrogen-bond acceptors (Lipinski definition) is 8. The first-order valence-corrected chi connectivity index (χ1v) is 16.5. The van der Waals surface area contributed by atoms with E-state index in [1.165, 1.54) is 23.8 Å². The number of para-hydroxylation sites is 1. The maximum Gasteiger partial charge on any atom is 0.409 e. The van der Waals surface area contributed by atoms with Gasteiger partial charge in [0.2, 0.25) is 11.8 Å². The first kappa shape index (κ1) is 29.3. The number of aryl methyl sites for hydroxylation is 1. The molecule has 5 aliphatic heterocycles. The maximum absolute atomic E-state index is 13.2. The van der Waals surface area contributed by atoms with Gasteiger partial charge in [0, 0.05) is 57.8 Å². The van der Waals surface area contributed by atoms with Gasteiger partial charge < -0.3 is 14.4 Å². The lowest BCUT2D eigenvalue weighted by Crippen LogP contribution is -2.50. The van der Waals surface area contributed by atoms with Gasteiger partial charge in [-0.1, -0.05) is 6.07 Å². The molecule has 0 radical (unpaired) electrons. The Morgan fingerprint density at radius 3 is 2.48 bits per heavy atom. The van der Waals surface area contributed by atoms with Crippen LogP contribution in [0.3, 0.4) is 0 Å². The molecule has 1 N–H and O–H groups in total. The lowest BCUT2D eigenvalue weighted by Gasteiger charge is -2.41. The zero-order valence-electron chi connectivity index (χ0n) is 25.6. The summed E-state index contributed by atoms with van der Waals surface area (Å²) in [5.74, 6) is -0.115. The van der Waals surface area contributed by atoms with Crippen LogP contribution in [0.15, 0.2) is 23.0 Å². The lowest BCUT2D eigenvalue weighted by molar-refractivity contribution is -0.135. The van der Waals surface area contributed by atoms with E-state index in [0.717, 1.165) is 64.8 Å². The number of ether oxygens (including phenoxy) is 2. The van der Waals surface area contributed by atoms with E-state index in [2.05, 4.69) is 15.1 Å². The minimum Gasteiger partial charge on any atom is -0.488 e. The molecule has 0 aliphatic carbocycles. The second kappa shape index (κ2) is 12.2. The van der Waals surface area contributed by atoms with Crippen LogP contribution < -0.4 is 15.7 Å². The number of nitrogens with one attached hydrogen (secondary N) is 1. The third kappa shape index (κ3) is 5.51. The molecular weight excluding hydrogens is 564 g/mol. The van der Waals surface area contributed by atoms with Crippen molar-refractivity contribution >= 4 is 28.9 Å². The number of carbonyl (C=O) groups is 3. The Labute approximate surface area is 257 Å². The number of piperidine rings is 3. The molecule has 0 spiro atoms. The summed E-state index contributed by atoms with van der Waals surface area (Å²) in [4.78, 5) is 57.3. The highest BCUT2D eigenvalue weighted by atomic mass is 16.6. The molecule has 12 heteroatoms. The van der Waals surface area contributed by atoms with Crippen LogP contribution >= 0.6 is 0 Å². The Morgan fingerprint density at radius 2 is 1.70 bits per heavy atom. The number of aromatic nitrogens is 2. The number of imidazole rings is 1. The summed E-state index contributed by atoms with van der Waals surface area (Å²) in [6.45, 7) is 4.98. The van der Waals surface area contributed by atoms with Crippen molar-refractivity contribution in [2.24, 2.45) is 7.05 Å². The predicted octanol–water partition coefficient (Wildman–Crippen LogP) is 2.39. The Balaban J connectivity index is 0.911. The fourth-order valence-electron chi connectivity index (χ4n) is 8.32. The number of carbonyl (C=O) groups excluding carboxylic acids is 3. The van der Waals surface area contributed by atoms with Crippen molar-refractivity contribution in [3.8, 4) is 5.75 Å². The van der Waals surface area contributed by atoms with E-state index < -0.39 is 11.9 Å². The van der Waals surface area contributed by atoms with Crippen LogP contribution in [0.1, 0.15) is 70.3 Å². The Hall–Kier alpha value is -3.38. The first-order chi connectivity index (χ1) is 21.4. The number of amides is 3. The molecule has 3 amide bonds.